The van der Waals surface area contributed by atoms with Crippen LogP contribution in [0.25, 0.3) is 0 Å². The molecule has 0 fully saturated rings. The third-order valence-electron chi connectivity index (χ3n) is 4.74. The number of aryl methyl sites for hydroxylation is 2. The van der Waals surface area contributed by atoms with Crippen molar-refractivity contribution in [2.75, 3.05) is 7.11 Å². The van der Waals surface area contributed by atoms with E-state index in [1.807, 2.05) is 73.7 Å². The van der Waals surface area contributed by atoms with E-state index >= 15 is 0 Å². The molecule has 1 atom stereocenters. The van der Waals surface area contributed by atoms with Gasteiger partial charge in [-0.3, -0.25) is 4.79 Å². The molecule has 0 aliphatic carbocycles. The number of benzene rings is 3. The van der Waals surface area contributed by atoms with Gasteiger partial charge in [-0.15, -0.1) is 0 Å². The molecule has 1 unspecified atom stereocenters. The number of hydrogen-bond acceptors (Lipinski definition) is 2. The van der Waals surface area contributed by atoms with Crippen molar-refractivity contribution in [2.45, 2.75) is 25.8 Å². The van der Waals surface area contributed by atoms with Gasteiger partial charge in [0.2, 0.25) is 0 Å². The van der Waals surface area contributed by atoms with Gasteiger partial charge in [-0.1, -0.05) is 66.7 Å². The van der Waals surface area contributed by atoms with E-state index in [4.69, 9.17) is 4.74 Å². The molecule has 0 aliphatic heterocycles. The molecule has 0 aliphatic rings. The maximum atomic E-state index is 12.9. The lowest BCUT2D eigenvalue weighted by Crippen LogP contribution is -2.27. The van der Waals surface area contributed by atoms with Crippen LogP contribution in [0.15, 0.2) is 78.9 Å². The van der Waals surface area contributed by atoms with E-state index in [2.05, 4.69) is 17.4 Å². The highest BCUT2D eigenvalue weighted by Gasteiger charge is 2.16. The van der Waals surface area contributed by atoms with Crippen LogP contribution in [0.3, 0.4) is 0 Å². The largest absolute Gasteiger partial charge is 0.496 e. The smallest absolute Gasteiger partial charge is 0.252 e. The van der Waals surface area contributed by atoms with Crippen LogP contribution < -0.4 is 10.1 Å². The molecule has 0 saturated carbocycles. The molecular formula is C24H25NO2. The van der Waals surface area contributed by atoms with Gasteiger partial charge in [0.1, 0.15) is 5.75 Å². The minimum atomic E-state index is -0.143. The number of carbonyl (C=O) groups is 1. The van der Waals surface area contributed by atoms with Crippen LogP contribution in [-0.4, -0.2) is 13.0 Å². The Hall–Kier alpha value is -3.07. The number of ether oxygens (including phenoxy) is 1. The number of hydrogen-bond donors (Lipinski definition) is 1. The Labute approximate surface area is 161 Å². The second kappa shape index (κ2) is 9.04. The Morgan fingerprint density at radius 3 is 2.33 bits per heavy atom. The number of nitrogens with one attached hydrogen (secondary N) is 1. The third kappa shape index (κ3) is 4.76. The van der Waals surface area contributed by atoms with Crippen molar-refractivity contribution in [3.8, 4) is 5.75 Å². The van der Waals surface area contributed by atoms with Crippen molar-refractivity contribution in [3.05, 3.63) is 101 Å². The minimum Gasteiger partial charge on any atom is -0.496 e. The van der Waals surface area contributed by atoms with E-state index in [0.29, 0.717) is 0 Å². The molecular weight excluding hydrogens is 334 g/mol. The summed E-state index contributed by atoms with van der Waals surface area (Å²) in [7, 11) is 1.65. The van der Waals surface area contributed by atoms with Gasteiger partial charge in [0, 0.05) is 11.1 Å². The van der Waals surface area contributed by atoms with Gasteiger partial charge < -0.3 is 10.1 Å². The van der Waals surface area contributed by atoms with Gasteiger partial charge in [0.05, 0.1) is 13.2 Å². The molecule has 0 saturated heterocycles. The Balaban J connectivity index is 1.73. The maximum absolute atomic E-state index is 12.9. The van der Waals surface area contributed by atoms with Gasteiger partial charge in [0.25, 0.3) is 5.91 Å². The van der Waals surface area contributed by atoms with Crippen molar-refractivity contribution in [2.24, 2.45) is 0 Å². The monoisotopic (exact) mass is 359 g/mol. The first-order valence-corrected chi connectivity index (χ1v) is 9.24. The molecule has 0 spiro atoms. The highest BCUT2D eigenvalue weighted by atomic mass is 16.5. The molecule has 0 heterocycles. The molecule has 0 aromatic heterocycles. The predicted octanol–water partition coefficient (Wildman–Crippen LogP) is 4.97. The number of para-hydroxylation sites is 1. The summed E-state index contributed by atoms with van der Waals surface area (Å²) in [6, 6.07) is 25.8. The average Bonchev–Trinajstić information content (AvgIpc) is 2.73. The van der Waals surface area contributed by atoms with E-state index in [1.165, 1.54) is 5.56 Å². The molecule has 0 radical (unpaired) electrons. The van der Waals surface area contributed by atoms with Crippen LogP contribution in [0.1, 0.15) is 40.0 Å². The number of rotatable bonds is 7. The van der Waals surface area contributed by atoms with E-state index in [1.54, 1.807) is 7.11 Å². The molecule has 138 valence electrons. The summed E-state index contributed by atoms with van der Waals surface area (Å²) in [5.74, 6) is 0.722. The SMILES string of the molecule is COc1ccccc1C(C)NC(=O)c1ccccc1CCc1ccccc1. The second-order valence-electron chi connectivity index (χ2n) is 6.58. The van der Waals surface area contributed by atoms with Gasteiger partial charge in [-0.2, -0.15) is 0 Å². The van der Waals surface area contributed by atoms with Crippen molar-refractivity contribution < 1.29 is 9.53 Å². The summed E-state index contributed by atoms with van der Waals surface area (Å²) < 4.78 is 5.41. The molecule has 0 bridgehead atoms. The minimum absolute atomic E-state index is 0.0583. The average molecular weight is 359 g/mol. The van der Waals surface area contributed by atoms with Gasteiger partial charge >= 0.3 is 0 Å². The topological polar surface area (TPSA) is 38.3 Å². The van der Waals surface area contributed by atoms with Crippen molar-refractivity contribution >= 4 is 5.91 Å². The zero-order valence-corrected chi connectivity index (χ0v) is 15.8. The maximum Gasteiger partial charge on any atom is 0.252 e. The molecule has 3 aromatic carbocycles. The Kier molecular flexibility index (Phi) is 6.26. The second-order valence-corrected chi connectivity index (χ2v) is 6.58. The summed E-state index contributed by atoms with van der Waals surface area (Å²) >= 11 is 0. The first-order chi connectivity index (χ1) is 13.2. The molecule has 3 nitrogen and oxygen atoms in total. The highest BCUT2D eigenvalue weighted by Crippen LogP contribution is 2.25. The fraction of sp³-hybridized carbons (Fsp3) is 0.208. The fourth-order valence-corrected chi connectivity index (χ4v) is 3.26. The Bertz CT molecular complexity index is 890. The molecule has 1 N–H and O–H groups in total. The van der Waals surface area contributed by atoms with Crippen LogP contribution in [0, 0.1) is 0 Å². The zero-order valence-electron chi connectivity index (χ0n) is 15.8. The third-order valence-corrected chi connectivity index (χ3v) is 4.74. The van der Waals surface area contributed by atoms with E-state index in [9.17, 15) is 4.79 Å². The molecule has 27 heavy (non-hydrogen) atoms. The van der Waals surface area contributed by atoms with Crippen LogP contribution in [-0.2, 0) is 12.8 Å². The van der Waals surface area contributed by atoms with Crippen LogP contribution >= 0.6 is 0 Å². The normalized spacial score (nSPS) is 11.6. The summed E-state index contributed by atoms with van der Waals surface area (Å²) in [6.45, 7) is 1.97. The van der Waals surface area contributed by atoms with Crippen LogP contribution in [0.2, 0.25) is 0 Å². The van der Waals surface area contributed by atoms with Crippen molar-refractivity contribution in [3.63, 3.8) is 0 Å². The lowest BCUT2D eigenvalue weighted by atomic mass is 9.98. The fourth-order valence-electron chi connectivity index (χ4n) is 3.26. The van der Waals surface area contributed by atoms with Gasteiger partial charge in [-0.05, 0) is 43.0 Å². The highest BCUT2D eigenvalue weighted by molar-refractivity contribution is 5.96. The van der Waals surface area contributed by atoms with Gasteiger partial charge in [-0.25, -0.2) is 0 Å². The number of carbonyl (C=O) groups excluding carboxylic acids is 1. The Morgan fingerprint density at radius 1 is 0.889 bits per heavy atom. The first-order valence-electron chi connectivity index (χ1n) is 9.24. The molecule has 1 amide bonds. The quantitative estimate of drug-likeness (QED) is 0.647. The molecule has 3 aromatic rings. The number of methoxy groups -OCH3 is 1. The summed E-state index contributed by atoms with van der Waals surface area (Å²) in [5, 5.41) is 3.11. The summed E-state index contributed by atoms with van der Waals surface area (Å²) in [4.78, 5) is 12.9. The van der Waals surface area contributed by atoms with E-state index in [-0.39, 0.29) is 11.9 Å². The lowest BCUT2D eigenvalue weighted by molar-refractivity contribution is 0.0938. The zero-order chi connectivity index (χ0) is 19.1. The lowest BCUT2D eigenvalue weighted by Gasteiger charge is -2.18. The summed E-state index contributed by atoms with van der Waals surface area (Å²) in [6.07, 6.45) is 1.74. The van der Waals surface area contributed by atoms with E-state index < -0.39 is 0 Å². The van der Waals surface area contributed by atoms with Crippen molar-refractivity contribution in [1.82, 2.24) is 5.32 Å². The van der Waals surface area contributed by atoms with Crippen LogP contribution in [0.5, 0.6) is 5.75 Å². The van der Waals surface area contributed by atoms with Gasteiger partial charge in [0.15, 0.2) is 0 Å². The predicted molar refractivity (Wildman–Crippen MR) is 109 cm³/mol. The first kappa shape index (κ1) is 18.7. The molecule has 3 rings (SSSR count). The van der Waals surface area contributed by atoms with Crippen molar-refractivity contribution in [1.29, 1.82) is 0 Å². The standard InChI is InChI=1S/C24H25NO2/c1-18(21-13-8-9-15-23(21)27-2)25-24(26)22-14-7-6-12-20(22)17-16-19-10-4-3-5-11-19/h3-15,18H,16-17H2,1-2H3,(H,25,26). The summed E-state index contributed by atoms with van der Waals surface area (Å²) in [5.41, 5.74) is 4.03. The van der Waals surface area contributed by atoms with Crippen LogP contribution in [0.4, 0.5) is 0 Å². The molecule has 3 heteroatoms. The van der Waals surface area contributed by atoms with E-state index in [0.717, 1.165) is 35.3 Å². The Morgan fingerprint density at radius 2 is 1.56 bits per heavy atom. The number of amides is 1.